The molecule has 0 spiro atoms. The predicted molar refractivity (Wildman–Crippen MR) is 64.1 cm³/mol. The number of hydrogen-bond acceptors (Lipinski definition) is 5. The quantitative estimate of drug-likeness (QED) is 0.753. The summed E-state index contributed by atoms with van der Waals surface area (Å²) in [7, 11) is 0. The second kappa shape index (κ2) is 3.99. The molecule has 0 aliphatic heterocycles. The summed E-state index contributed by atoms with van der Waals surface area (Å²) >= 11 is 1.12. The van der Waals surface area contributed by atoms with Crippen molar-refractivity contribution in [3.05, 3.63) is 42.4 Å². The first-order chi connectivity index (χ1) is 8.34. The lowest BCUT2D eigenvalue weighted by Crippen LogP contribution is -2.11. The van der Waals surface area contributed by atoms with Gasteiger partial charge in [0, 0.05) is 0 Å². The molecule has 3 aromatic rings. The molecule has 0 fully saturated rings. The van der Waals surface area contributed by atoms with Crippen molar-refractivity contribution in [3.63, 3.8) is 0 Å². The summed E-state index contributed by atoms with van der Waals surface area (Å²) in [4.78, 5) is 11.8. The summed E-state index contributed by atoms with van der Waals surface area (Å²) in [5.41, 5.74) is 2.10. The number of furan rings is 1. The lowest BCUT2D eigenvalue weighted by Gasteiger charge is -2.02. The number of benzene rings is 1. The topological polar surface area (TPSA) is 68.0 Å². The van der Waals surface area contributed by atoms with Gasteiger partial charge in [-0.2, -0.15) is 8.75 Å². The van der Waals surface area contributed by atoms with E-state index in [9.17, 15) is 4.79 Å². The molecule has 0 saturated carbocycles. The van der Waals surface area contributed by atoms with Gasteiger partial charge in [-0.1, -0.05) is 6.07 Å². The van der Waals surface area contributed by atoms with Gasteiger partial charge < -0.3 is 9.73 Å². The lowest BCUT2D eigenvalue weighted by molar-refractivity contribution is 0.0997. The minimum Gasteiger partial charge on any atom is -0.459 e. The second-order valence-corrected chi connectivity index (χ2v) is 3.90. The van der Waals surface area contributed by atoms with Crippen LogP contribution >= 0.6 is 11.7 Å². The third-order valence-corrected chi connectivity index (χ3v) is 2.82. The molecule has 0 bridgehead atoms. The first kappa shape index (κ1) is 9.98. The van der Waals surface area contributed by atoms with Crippen LogP contribution in [0.15, 0.2) is 41.0 Å². The van der Waals surface area contributed by atoms with Gasteiger partial charge >= 0.3 is 0 Å². The average Bonchev–Trinajstić information content (AvgIpc) is 3.00. The molecule has 1 aromatic carbocycles. The number of fused-ring (bicyclic) bond motifs is 1. The molecule has 5 nitrogen and oxygen atoms in total. The van der Waals surface area contributed by atoms with Crippen molar-refractivity contribution in [3.8, 4) is 0 Å². The van der Waals surface area contributed by atoms with Gasteiger partial charge in [0.25, 0.3) is 5.91 Å². The summed E-state index contributed by atoms with van der Waals surface area (Å²) in [6, 6.07) is 8.72. The molecule has 0 unspecified atom stereocenters. The maximum atomic E-state index is 11.8. The van der Waals surface area contributed by atoms with Crippen LogP contribution in [-0.4, -0.2) is 14.7 Å². The lowest BCUT2D eigenvalue weighted by atomic mass is 10.2. The molecule has 1 N–H and O–H groups in total. The van der Waals surface area contributed by atoms with Crippen molar-refractivity contribution in [2.75, 3.05) is 5.32 Å². The largest absolute Gasteiger partial charge is 0.459 e. The molecule has 0 aliphatic rings. The number of anilines is 1. The van der Waals surface area contributed by atoms with Gasteiger partial charge in [-0.15, -0.1) is 0 Å². The van der Waals surface area contributed by atoms with Gasteiger partial charge in [-0.05, 0) is 24.3 Å². The second-order valence-electron chi connectivity index (χ2n) is 3.37. The molecule has 84 valence electrons. The maximum Gasteiger partial charge on any atom is 0.291 e. The van der Waals surface area contributed by atoms with E-state index in [-0.39, 0.29) is 11.7 Å². The minimum atomic E-state index is -0.296. The highest BCUT2D eigenvalue weighted by Gasteiger charge is 2.11. The fraction of sp³-hybridized carbons (Fsp3) is 0. The van der Waals surface area contributed by atoms with Crippen LogP contribution < -0.4 is 5.32 Å². The minimum absolute atomic E-state index is 0.269. The van der Waals surface area contributed by atoms with Crippen LogP contribution in [-0.2, 0) is 0 Å². The van der Waals surface area contributed by atoms with Crippen LogP contribution in [0.4, 0.5) is 5.69 Å². The Hall–Kier alpha value is -2.21. The Balaban J connectivity index is 1.95. The zero-order chi connectivity index (χ0) is 11.7. The van der Waals surface area contributed by atoms with Crippen molar-refractivity contribution < 1.29 is 9.21 Å². The average molecular weight is 245 g/mol. The van der Waals surface area contributed by atoms with Crippen LogP contribution in [0.1, 0.15) is 10.6 Å². The molecular formula is C11H7N3O2S. The van der Waals surface area contributed by atoms with Crippen molar-refractivity contribution in [2.24, 2.45) is 0 Å². The van der Waals surface area contributed by atoms with Crippen LogP contribution in [0.25, 0.3) is 11.0 Å². The van der Waals surface area contributed by atoms with E-state index in [2.05, 4.69) is 14.1 Å². The van der Waals surface area contributed by atoms with Crippen LogP contribution in [0, 0.1) is 0 Å². The standard InChI is InChI=1S/C11H7N3O2S/c15-11(9-5-2-6-16-9)12-7-3-1-4-8-10(7)14-17-13-8/h1-6H,(H,12,15). The van der Waals surface area contributed by atoms with E-state index in [0.29, 0.717) is 11.2 Å². The Labute approximate surface area is 100 Å². The van der Waals surface area contributed by atoms with E-state index in [1.807, 2.05) is 12.1 Å². The molecule has 0 radical (unpaired) electrons. The Morgan fingerprint density at radius 2 is 2.18 bits per heavy atom. The normalized spacial score (nSPS) is 10.6. The third kappa shape index (κ3) is 1.78. The van der Waals surface area contributed by atoms with E-state index >= 15 is 0 Å². The van der Waals surface area contributed by atoms with Crippen LogP contribution in [0.5, 0.6) is 0 Å². The van der Waals surface area contributed by atoms with Gasteiger partial charge in [-0.3, -0.25) is 4.79 Å². The zero-order valence-corrected chi connectivity index (χ0v) is 9.40. The maximum absolute atomic E-state index is 11.8. The van der Waals surface area contributed by atoms with Gasteiger partial charge in [0.1, 0.15) is 11.0 Å². The van der Waals surface area contributed by atoms with Gasteiger partial charge in [-0.25, -0.2) is 0 Å². The molecule has 0 saturated heterocycles. The monoisotopic (exact) mass is 245 g/mol. The molecular weight excluding hydrogens is 238 g/mol. The SMILES string of the molecule is O=C(Nc1cccc2nsnc12)c1ccco1. The Kier molecular flexibility index (Phi) is 2.34. The molecule has 6 heteroatoms. The summed E-state index contributed by atoms with van der Waals surface area (Å²) in [5.74, 6) is -0.0271. The fourth-order valence-electron chi connectivity index (χ4n) is 1.50. The van der Waals surface area contributed by atoms with E-state index in [1.54, 1.807) is 18.2 Å². The molecule has 2 heterocycles. The highest BCUT2D eigenvalue weighted by molar-refractivity contribution is 7.00. The predicted octanol–water partition coefficient (Wildman–Crippen LogP) is 2.54. The van der Waals surface area contributed by atoms with E-state index in [1.165, 1.54) is 6.26 Å². The highest BCUT2D eigenvalue weighted by Crippen LogP contribution is 2.21. The summed E-state index contributed by atoms with van der Waals surface area (Å²) < 4.78 is 13.3. The van der Waals surface area contributed by atoms with Crippen LogP contribution in [0.2, 0.25) is 0 Å². The van der Waals surface area contributed by atoms with Crippen molar-refractivity contribution in [1.82, 2.24) is 8.75 Å². The number of nitrogens with one attached hydrogen (secondary N) is 1. The molecule has 3 rings (SSSR count). The van der Waals surface area contributed by atoms with Gasteiger partial charge in [0.15, 0.2) is 5.76 Å². The first-order valence-electron chi connectivity index (χ1n) is 4.91. The number of carbonyl (C=O) groups excluding carboxylic acids is 1. The summed E-state index contributed by atoms with van der Waals surface area (Å²) in [6.45, 7) is 0. The number of hydrogen-bond donors (Lipinski definition) is 1. The fourth-order valence-corrected chi connectivity index (χ4v) is 2.05. The first-order valence-corrected chi connectivity index (χ1v) is 5.64. The zero-order valence-electron chi connectivity index (χ0n) is 8.58. The van der Waals surface area contributed by atoms with Gasteiger partial charge in [0.2, 0.25) is 0 Å². The number of carbonyl (C=O) groups is 1. The Morgan fingerprint density at radius 1 is 1.24 bits per heavy atom. The van der Waals surface area contributed by atoms with Crippen molar-refractivity contribution in [2.45, 2.75) is 0 Å². The van der Waals surface area contributed by atoms with E-state index < -0.39 is 0 Å². The summed E-state index contributed by atoms with van der Waals surface area (Å²) in [6.07, 6.45) is 1.46. The summed E-state index contributed by atoms with van der Waals surface area (Å²) in [5, 5.41) is 2.74. The molecule has 0 atom stereocenters. The van der Waals surface area contributed by atoms with E-state index in [0.717, 1.165) is 17.2 Å². The Bertz CT molecular complexity index is 660. The number of amides is 1. The molecule has 0 aliphatic carbocycles. The number of aromatic nitrogens is 2. The van der Waals surface area contributed by atoms with Crippen molar-refractivity contribution >= 4 is 34.4 Å². The number of rotatable bonds is 2. The van der Waals surface area contributed by atoms with Crippen molar-refractivity contribution in [1.29, 1.82) is 0 Å². The third-order valence-electron chi connectivity index (χ3n) is 2.28. The molecule has 2 aromatic heterocycles. The van der Waals surface area contributed by atoms with Crippen LogP contribution in [0.3, 0.4) is 0 Å². The Morgan fingerprint density at radius 3 is 3.00 bits per heavy atom. The molecule has 17 heavy (non-hydrogen) atoms. The smallest absolute Gasteiger partial charge is 0.291 e. The highest BCUT2D eigenvalue weighted by atomic mass is 32.1. The van der Waals surface area contributed by atoms with Gasteiger partial charge in [0.05, 0.1) is 23.7 Å². The van der Waals surface area contributed by atoms with E-state index in [4.69, 9.17) is 4.42 Å². The number of nitrogens with zero attached hydrogens (tertiary/aromatic N) is 2. The molecule has 1 amide bonds.